The van der Waals surface area contributed by atoms with Gasteiger partial charge in [0, 0.05) is 6.04 Å². The minimum atomic E-state index is -4.44. The molecule has 0 heterocycles. The number of rotatable bonds is 3. The minimum absolute atomic E-state index is 0.0922. The lowest BCUT2D eigenvalue weighted by Gasteiger charge is -2.16. The normalized spacial score (nSPS) is 18.0. The Labute approximate surface area is 120 Å². The summed E-state index contributed by atoms with van der Waals surface area (Å²) in [5, 5.41) is 1.68. The standard InChI is InChI=1S/C14H15ClF3NO/c15-12(13(20)19-11-6-1-2-7-11)9-4-3-5-10(8-9)14(16,17)18/h3-5,8,11-12H,1-2,6-7H2,(H,19,20). The van der Waals surface area contributed by atoms with Gasteiger partial charge in [-0.3, -0.25) is 4.79 Å². The van der Waals surface area contributed by atoms with Crippen molar-refractivity contribution in [1.82, 2.24) is 5.32 Å². The molecule has 1 fully saturated rings. The summed E-state index contributed by atoms with van der Waals surface area (Å²) in [7, 11) is 0. The highest BCUT2D eigenvalue weighted by molar-refractivity contribution is 6.30. The molecule has 1 unspecified atom stereocenters. The van der Waals surface area contributed by atoms with Crippen molar-refractivity contribution in [3.05, 3.63) is 35.4 Å². The molecule has 0 saturated heterocycles. The summed E-state index contributed by atoms with van der Waals surface area (Å²) < 4.78 is 37.8. The van der Waals surface area contributed by atoms with Gasteiger partial charge in [0.15, 0.2) is 0 Å². The Morgan fingerprint density at radius 2 is 1.95 bits per heavy atom. The molecule has 1 atom stereocenters. The third-order valence-electron chi connectivity index (χ3n) is 3.44. The molecule has 0 bridgehead atoms. The highest BCUT2D eigenvalue weighted by Crippen LogP contribution is 2.32. The molecule has 20 heavy (non-hydrogen) atoms. The van der Waals surface area contributed by atoms with Gasteiger partial charge in [-0.25, -0.2) is 0 Å². The van der Waals surface area contributed by atoms with Crippen LogP contribution in [0.2, 0.25) is 0 Å². The van der Waals surface area contributed by atoms with Crippen molar-refractivity contribution in [3.8, 4) is 0 Å². The molecule has 2 nitrogen and oxygen atoms in total. The van der Waals surface area contributed by atoms with Crippen molar-refractivity contribution in [3.63, 3.8) is 0 Å². The van der Waals surface area contributed by atoms with E-state index in [9.17, 15) is 18.0 Å². The third kappa shape index (κ3) is 3.66. The van der Waals surface area contributed by atoms with E-state index in [0.29, 0.717) is 0 Å². The molecule has 2 rings (SSSR count). The summed E-state index contributed by atoms with van der Waals surface area (Å²) in [4.78, 5) is 11.9. The van der Waals surface area contributed by atoms with Crippen molar-refractivity contribution in [1.29, 1.82) is 0 Å². The van der Waals surface area contributed by atoms with E-state index < -0.39 is 23.0 Å². The number of carbonyl (C=O) groups is 1. The zero-order chi connectivity index (χ0) is 14.8. The van der Waals surface area contributed by atoms with Gasteiger partial charge in [-0.1, -0.05) is 25.0 Å². The third-order valence-corrected chi connectivity index (χ3v) is 3.89. The summed E-state index contributed by atoms with van der Waals surface area (Å²) in [6.07, 6.45) is -0.520. The molecule has 0 aliphatic heterocycles. The Balaban J connectivity index is 2.08. The lowest BCUT2D eigenvalue weighted by molar-refractivity contribution is -0.137. The Morgan fingerprint density at radius 3 is 2.55 bits per heavy atom. The fraction of sp³-hybridized carbons (Fsp3) is 0.500. The predicted octanol–water partition coefficient (Wildman–Crippen LogP) is 4.04. The monoisotopic (exact) mass is 305 g/mol. The lowest BCUT2D eigenvalue weighted by Crippen LogP contribution is -2.35. The van der Waals surface area contributed by atoms with E-state index in [-0.39, 0.29) is 11.6 Å². The number of halogens is 4. The molecule has 1 amide bonds. The molecule has 1 aromatic carbocycles. The first kappa shape index (κ1) is 15.2. The Hall–Kier alpha value is -1.23. The molecule has 6 heteroatoms. The Morgan fingerprint density at radius 1 is 1.30 bits per heavy atom. The highest BCUT2D eigenvalue weighted by atomic mass is 35.5. The van der Waals surface area contributed by atoms with Crippen LogP contribution in [-0.4, -0.2) is 11.9 Å². The predicted molar refractivity (Wildman–Crippen MR) is 70.4 cm³/mol. The van der Waals surface area contributed by atoms with Crippen LogP contribution in [0.4, 0.5) is 13.2 Å². The second kappa shape index (κ2) is 6.04. The number of benzene rings is 1. The molecular weight excluding hydrogens is 291 g/mol. The van der Waals surface area contributed by atoms with Crippen molar-refractivity contribution in [2.45, 2.75) is 43.3 Å². The average molecular weight is 306 g/mol. The fourth-order valence-electron chi connectivity index (χ4n) is 2.37. The van der Waals surface area contributed by atoms with Crippen molar-refractivity contribution in [2.75, 3.05) is 0 Å². The van der Waals surface area contributed by atoms with Gasteiger partial charge in [-0.15, -0.1) is 11.6 Å². The number of amides is 1. The average Bonchev–Trinajstić information content (AvgIpc) is 2.90. The topological polar surface area (TPSA) is 29.1 Å². The first-order valence-corrected chi connectivity index (χ1v) is 6.93. The summed E-state index contributed by atoms with van der Waals surface area (Å²) in [5.41, 5.74) is -0.633. The number of nitrogens with one attached hydrogen (secondary N) is 1. The Kier molecular flexibility index (Phi) is 4.58. The molecule has 0 radical (unpaired) electrons. The highest BCUT2D eigenvalue weighted by Gasteiger charge is 2.31. The van der Waals surface area contributed by atoms with Gasteiger partial charge in [0.05, 0.1) is 5.56 Å². The van der Waals surface area contributed by atoms with Gasteiger partial charge in [0.25, 0.3) is 0 Å². The molecule has 1 aliphatic rings. The van der Waals surface area contributed by atoms with Gasteiger partial charge in [-0.2, -0.15) is 13.2 Å². The van der Waals surface area contributed by atoms with E-state index in [2.05, 4.69) is 5.32 Å². The minimum Gasteiger partial charge on any atom is -0.352 e. The quantitative estimate of drug-likeness (QED) is 0.839. The SMILES string of the molecule is O=C(NC1CCCC1)C(Cl)c1cccc(C(F)(F)F)c1. The molecule has 110 valence electrons. The van der Waals surface area contributed by atoms with Crippen LogP contribution in [0.25, 0.3) is 0 Å². The number of carbonyl (C=O) groups excluding carboxylic acids is 1. The summed E-state index contributed by atoms with van der Waals surface area (Å²) in [5.74, 6) is -0.433. The smallest absolute Gasteiger partial charge is 0.352 e. The van der Waals surface area contributed by atoms with E-state index >= 15 is 0 Å². The molecule has 0 aromatic heterocycles. The van der Waals surface area contributed by atoms with E-state index in [0.717, 1.165) is 37.8 Å². The number of alkyl halides is 4. The largest absolute Gasteiger partial charge is 0.416 e. The molecule has 1 aliphatic carbocycles. The second-order valence-electron chi connectivity index (χ2n) is 4.98. The first-order valence-electron chi connectivity index (χ1n) is 6.49. The van der Waals surface area contributed by atoms with E-state index in [1.807, 2.05) is 0 Å². The summed E-state index contributed by atoms with van der Waals surface area (Å²) in [6.45, 7) is 0. The maximum atomic E-state index is 12.6. The van der Waals surface area contributed by atoms with Crippen molar-refractivity contribution >= 4 is 17.5 Å². The van der Waals surface area contributed by atoms with Crippen LogP contribution in [0.5, 0.6) is 0 Å². The Bertz CT molecular complexity index is 484. The van der Waals surface area contributed by atoms with Gasteiger partial charge < -0.3 is 5.32 Å². The van der Waals surface area contributed by atoms with Crippen LogP contribution in [0.15, 0.2) is 24.3 Å². The molecule has 0 spiro atoms. The molecule has 1 saturated carbocycles. The molecular formula is C14H15ClF3NO. The maximum Gasteiger partial charge on any atom is 0.416 e. The van der Waals surface area contributed by atoms with Gasteiger partial charge in [-0.05, 0) is 30.5 Å². The van der Waals surface area contributed by atoms with Gasteiger partial charge >= 0.3 is 6.18 Å². The number of hydrogen-bond acceptors (Lipinski definition) is 1. The van der Waals surface area contributed by atoms with E-state index in [4.69, 9.17) is 11.6 Å². The zero-order valence-corrected chi connectivity index (χ0v) is 11.5. The van der Waals surface area contributed by atoms with Crippen LogP contribution < -0.4 is 5.32 Å². The summed E-state index contributed by atoms with van der Waals surface area (Å²) in [6, 6.07) is 4.67. The summed E-state index contributed by atoms with van der Waals surface area (Å²) >= 11 is 5.98. The van der Waals surface area contributed by atoms with Crippen LogP contribution in [0.3, 0.4) is 0 Å². The lowest BCUT2D eigenvalue weighted by atomic mass is 10.1. The maximum absolute atomic E-state index is 12.6. The fourth-order valence-corrected chi connectivity index (χ4v) is 2.57. The molecule has 1 N–H and O–H groups in total. The van der Waals surface area contributed by atoms with Crippen LogP contribution in [0.1, 0.15) is 42.2 Å². The van der Waals surface area contributed by atoms with E-state index in [1.54, 1.807) is 0 Å². The zero-order valence-electron chi connectivity index (χ0n) is 10.7. The van der Waals surface area contributed by atoms with Crippen molar-refractivity contribution in [2.24, 2.45) is 0 Å². The van der Waals surface area contributed by atoms with Crippen molar-refractivity contribution < 1.29 is 18.0 Å². The van der Waals surface area contributed by atoms with E-state index in [1.165, 1.54) is 12.1 Å². The molecule has 1 aromatic rings. The van der Waals surface area contributed by atoms with Gasteiger partial charge in [0.2, 0.25) is 5.91 Å². The first-order chi connectivity index (χ1) is 9.38. The van der Waals surface area contributed by atoms with Crippen LogP contribution >= 0.6 is 11.6 Å². The van der Waals surface area contributed by atoms with Crippen LogP contribution in [0, 0.1) is 0 Å². The second-order valence-corrected chi connectivity index (χ2v) is 5.41. The van der Waals surface area contributed by atoms with Gasteiger partial charge in [0.1, 0.15) is 5.38 Å². The van der Waals surface area contributed by atoms with Crippen LogP contribution in [-0.2, 0) is 11.0 Å². The number of hydrogen-bond donors (Lipinski definition) is 1.